The number of fused-ring (bicyclic) bond motifs is 2. The minimum absolute atomic E-state index is 0.129. The van der Waals surface area contributed by atoms with Gasteiger partial charge in [0.05, 0.1) is 18.4 Å². The van der Waals surface area contributed by atoms with Crippen LogP contribution in [0, 0.1) is 5.92 Å². The number of carbonyl (C=O) groups is 1. The fraction of sp³-hybridized carbons (Fsp3) is 0.263. The Hall–Kier alpha value is -3.02. The molecule has 1 aromatic heterocycles. The van der Waals surface area contributed by atoms with E-state index in [4.69, 9.17) is 14.3 Å². The van der Waals surface area contributed by atoms with E-state index in [0.717, 1.165) is 5.56 Å². The standard InChI is InChI=1S/C19H18O6/c1-10(19(22)23)6-7-11-8-9-12-16(21)15-13(20)4-3-5-14(15)25-18(12)17(11)24-2/h3-5,8-10,20H,6-7H2,1-2H3,(H,22,23)/t10-/m0/s1. The van der Waals surface area contributed by atoms with Gasteiger partial charge >= 0.3 is 5.97 Å². The quantitative estimate of drug-likeness (QED) is 0.691. The molecule has 0 amide bonds. The first-order chi connectivity index (χ1) is 11.9. The van der Waals surface area contributed by atoms with Gasteiger partial charge in [0, 0.05) is 0 Å². The lowest BCUT2D eigenvalue weighted by molar-refractivity contribution is -0.141. The molecule has 0 aliphatic heterocycles. The fourth-order valence-electron chi connectivity index (χ4n) is 2.88. The molecule has 2 aromatic carbocycles. The summed E-state index contributed by atoms with van der Waals surface area (Å²) in [4.78, 5) is 23.7. The number of carboxylic acid groups (broad SMARTS) is 1. The molecule has 0 aliphatic carbocycles. The van der Waals surface area contributed by atoms with Crippen LogP contribution in [0.15, 0.2) is 39.5 Å². The summed E-state index contributed by atoms with van der Waals surface area (Å²) in [6.45, 7) is 1.65. The number of rotatable bonds is 5. The zero-order valence-electron chi connectivity index (χ0n) is 13.9. The Morgan fingerprint density at radius 2 is 2.04 bits per heavy atom. The van der Waals surface area contributed by atoms with E-state index >= 15 is 0 Å². The zero-order chi connectivity index (χ0) is 18.1. The first kappa shape index (κ1) is 16.8. The summed E-state index contributed by atoms with van der Waals surface area (Å²) in [5.74, 6) is -1.06. The van der Waals surface area contributed by atoms with Crippen molar-refractivity contribution in [1.82, 2.24) is 0 Å². The van der Waals surface area contributed by atoms with Crippen molar-refractivity contribution in [2.45, 2.75) is 19.8 Å². The van der Waals surface area contributed by atoms with Crippen LogP contribution in [0.5, 0.6) is 11.5 Å². The molecule has 0 spiro atoms. The average Bonchev–Trinajstić information content (AvgIpc) is 2.59. The van der Waals surface area contributed by atoms with Crippen molar-refractivity contribution in [2.75, 3.05) is 7.11 Å². The number of methoxy groups -OCH3 is 1. The third-order valence-electron chi connectivity index (χ3n) is 4.35. The number of carboxylic acids is 1. The Labute approximate surface area is 143 Å². The molecular weight excluding hydrogens is 324 g/mol. The normalized spacial score (nSPS) is 12.4. The maximum absolute atomic E-state index is 12.7. The maximum atomic E-state index is 12.7. The molecule has 0 saturated heterocycles. The van der Waals surface area contributed by atoms with Gasteiger partial charge < -0.3 is 19.4 Å². The number of benzene rings is 2. The van der Waals surface area contributed by atoms with Gasteiger partial charge in [-0.2, -0.15) is 0 Å². The van der Waals surface area contributed by atoms with Crippen LogP contribution in [-0.2, 0) is 11.2 Å². The maximum Gasteiger partial charge on any atom is 0.306 e. The van der Waals surface area contributed by atoms with Gasteiger partial charge in [-0.15, -0.1) is 0 Å². The van der Waals surface area contributed by atoms with E-state index in [1.807, 2.05) is 0 Å². The Balaban J connectivity index is 2.18. The van der Waals surface area contributed by atoms with E-state index < -0.39 is 11.9 Å². The van der Waals surface area contributed by atoms with Crippen LogP contribution >= 0.6 is 0 Å². The van der Waals surface area contributed by atoms with Crippen LogP contribution < -0.4 is 10.2 Å². The molecule has 6 heteroatoms. The van der Waals surface area contributed by atoms with Crippen molar-refractivity contribution in [3.8, 4) is 11.5 Å². The van der Waals surface area contributed by atoms with Crippen molar-refractivity contribution >= 4 is 27.9 Å². The topological polar surface area (TPSA) is 97.0 Å². The second-order valence-corrected chi connectivity index (χ2v) is 5.99. The zero-order valence-corrected chi connectivity index (χ0v) is 13.9. The van der Waals surface area contributed by atoms with Gasteiger partial charge in [0.1, 0.15) is 16.7 Å². The monoisotopic (exact) mass is 342 g/mol. The molecule has 2 N–H and O–H groups in total. The highest BCUT2D eigenvalue weighted by molar-refractivity contribution is 5.95. The third-order valence-corrected chi connectivity index (χ3v) is 4.35. The van der Waals surface area contributed by atoms with Crippen LogP contribution in [0.3, 0.4) is 0 Å². The lowest BCUT2D eigenvalue weighted by Crippen LogP contribution is -2.11. The van der Waals surface area contributed by atoms with Crippen molar-refractivity contribution < 1.29 is 24.2 Å². The molecule has 0 aliphatic rings. The molecule has 25 heavy (non-hydrogen) atoms. The summed E-state index contributed by atoms with van der Waals surface area (Å²) in [6, 6.07) is 7.99. The van der Waals surface area contributed by atoms with Gasteiger partial charge in [-0.05, 0) is 36.6 Å². The van der Waals surface area contributed by atoms with Crippen molar-refractivity contribution in [2.24, 2.45) is 5.92 Å². The lowest BCUT2D eigenvalue weighted by Gasteiger charge is -2.13. The first-order valence-electron chi connectivity index (χ1n) is 7.91. The molecule has 1 atom stereocenters. The Kier molecular flexibility index (Phi) is 4.35. The molecule has 3 aromatic rings. The van der Waals surface area contributed by atoms with Gasteiger partial charge in [0.15, 0.2) is 11.3 Å². The summed E-state index contributed by atoms with van der Waals surface area (Å²) < 4.78 is 11.3. The molecule has 3 rings (SSSR count). The van der Waals surface area contributed by atoms with E-state index in [1.54, 1.807) is 31.2 Å². The third kappa shape index (κ3) is 2.91. The second kappa shape index (κ2) is 6.47. The van der Waals surface area contributed by atoms with E-state index in [9.17, 15) is 14.7 Å². The number of aliphatic carboxylic acids is 1. The summed E-state index contributed by atoms with van der Waals surface area (Å²) in [6.07, 6.45) is 0.921. The summed E-state index contributed by atoms with van der Waals surface area (Å²) in [5, 5.41) is 19.4. The number of hydrogen-bond donors (Lipinski definition) is 2. The second-order valence-electron chi connectivity index (χ2n) is 5.99. The summed E-state index contributed by atoms with van der Waals surface area (Å²) in [5.41, 5.74) is 1.00. The SMILES string of the molecule is COc1c(CC[C@H](C)C(=O)O)ccc2c(=O)c3c(O)cccc3oc12. The Morgan fingerprint density at radius 3 is 2.72 bits per heavy atom. The van der Waals surface area contributed by atoms with Crippen molar-refractivity contribution in [3.63, 3.8) is 0 Å². The molecule has 0 fully saturated rings. The van der Waals surface area contributed by atoms with Crippen LogP contribution in [0.25, 0.3) is 21.9 Å². The highest BCUT2D eigenvalue weighted by atomic mass is 16.5. The summed E-state index contributed by atoms with van der Waals surface area (Å²) >= 11 is 0. The average molecular weight is 342 g/mol. The van der Waals surface area contributed by atoms with Crippen LogP contribution in [0.1, 0.15) is 18.9 Å². The lowest BCUT2D eigenvalue weighted by atomic mass is 9.99. The molecular formula is C19H18O6. The molecule has 130 valence electrons. The van der Waals surface area contributed by atoms with Crippen LogP contribution in [-0.4, -0.2) is 23.3 Å². The Morgan fingerprint density at radius 1 is 1.28 bits per heavy atom. The summed E-state index contributed by atoms with van der Waals surface area (Å²) in [7, 11) is 1.48. The predicted molar refractivity (Wildman–Crippen MR) is 93.3 cm³/mol. The fourth-order valence-corrected chi connectivity index (χ4v) is 2.88. The number of phenols is 1. The molecule has 0 radical (unpaired) electrons. The van der Waals surface area contributed by atoms with Crippen molar-refractivity contribution in [1.29, 1.82) is 0 Å². The molecule has 1 heterocycles. The predicted octanol–water partition coefficient (Wildman–Crippen LogP) is 3.31. The van der Waals surface area contributed by atoms with Gasteiger partial charge in [-0.25, -0.2) is 0 Å². The number of ether oxygens (including phenoxy) is 1. The molecule has 0 saturated carbocycles. The molecule has 6 nitrogen and oxygen atoms in total. The van der Waals surface area contributed by atoms with Crippen LogP contribution in [0.4, 0.5) is 0 Å². The van der Waals surface area contributed by atoms with E-state index in [1.165, 1.54) is 13.2 Å². The smallest absolute Gasteiger partial charge is 0.306 e. The van der Waals surface area contributed by atoms with Gasteiger partial charge in [0.25, 0.3) is 0 Å². The van der Waals surface area contributed by atoms with Gasteiger partial charge in [-0.1, -0.05) is 19.1 Å². The molecule has 0 unspecified atom stereocenters. The van der Waals surface area contributed by atoms with Gasteiger partial charge in [-0.3, -0.25) is 9.59 Å². The highest BCUT2D eigenvalue weighted by Crippen LogP contribution is 2.33. The van der Waals surface area contributed by atoms with Gasteiger partial charge in [0.2, 0.25) is 5.43 Å². The molecule has 0 bridgehead atoms. The number of phenolic OH excluding ortho intramolecular Hbond substituents is 1. The van der Waals surface area contributed by atoms with Crippen LogP contribution in [0.2, 0.25) is 0 Å². The largest absolute Gasteiger partial charge is 0.507 e. The number of hydrogen-bond acceptors (Lipinski definition) is 5. The Bertz CT molecular complexity index is 1020. The highest BCUT2D eigenvalue weighted by Gasteiger charge is 2.18. The minimum atomic E-state index is -0.854. The van der Waals surface area contributed by atoms with E-state index in [2.05, 4.69) is 0 Å². The van der Waals surface area contributed by atoms with E-state index in [-0.39, 0.29) is 22.1 Å². The number of aryl methyl sites for hydroxylation is 1. The minimum Gasteiger partial charge on any atom is -0.507 e. The van der Waals surface area contributed by atoms with Crippen molar-refractivity contribution in [3.05, 3.63) is 46.1 Å². The van der Waals surface area contributed by atoms with E-state index in [0.29, 0.717) is 29.6 Å². The first-order valence-corrected chi connectivity index (χ1v) is 7.91. The number of aromatic hydroxyl groups is 1.